The SMILES string of the molecule is CCNC(=NCCN(C)C1CCCC1)NC1CCN(S(=O)(=O)C(F)(F)F)CC1.I. The first kappa shape index (κ1) is 26.7. The maximum Gasteiger partial charge on any atom is 0.511 e. The lowest BCUT2D eigenvalue weighted by Crippen LogP contribution is -2.51. The Labute approximate surface area is 188 Å². The van der Waals surface area contributed by atoms with E-state index in [0.717, 1.165) is 6.54 Å². The monoisotopic (exact) mass is 555 g/mol. The molecular formula is C17H33F3IN5O2S. The molecule has 2 N–H and O–H groups in total. The van der Waals surface area contributed by atoms with Gasteiger partial charge >= 0.3 is 15.5 Å². The molecule has 1 aliphatic carbocycles. The zero-order chi connectivity index (χ0) is 20.8. The highest BCUT2D eigenvalue weighted by atomic mass is 127. The fourth-order valence-corrected chi connectivity index (χ4v) is 4.73. The largest absolute Gasteiger partial charge is 0.511 e. The summed E-state index contributed by atoms with van der Waals surface area (Å²) >= 11 is 0. The molecule has 7 nitrogen and oxygen atoms in total. The van der Waals surface area contributed by atoms with E-state index in [0.29, 0.717) is 42.2 Å². The quantitative estimate of drug-likeness (QED) is 0.287. The molecule has 0 radical (unpaired) electrons. The summed E-state index contributed by atoms with van der Waals surface area (Å²) in [5.41, 5.74) is -5.24. The number of nitrogens with one attached hydrogen (secondary N) is 2. The second-order valence-electron chi connectivity index (χ2n) is 7.45. The highest BCUT2D eigenvalue weighted by Gasteiger charge is 2.50. The van der Waals surface area contributed by atoms with E-state index in [4.69, 9.17) is 0 Å². The van der Waals surface area contributed by atoms with Crippen molar-refractivity contribution in [1.29, 1.82) is 0 Å². The molecule has 1 heterocycles. The minimum atomic E-state index is -5.24. The number of guanidine groups is 1. The highest BCUT2D eigenvalue weighted by molar-refractivity contribution is 14.0. The van der Waals surface area contributed by atoms with Crippen molar-refractivity contribution in [1.82, 2.24) is 19.8 Å². The molecule has 1 aliphatic heterocycles. The van der Waals surface area contributed by atoms with Crippen LogP contribution >= 0.6 is 24.0 Å². The number of rotatable bonds is 7. The molecule has 0 atom stereocenters. The fourth-order valence-electron chi connectivity index (χ4n) is 3.75. The third kappa shape index (κ3) is 7.69. The van der Waals surface area contributed by atoms with Gasteiger partial charge in [-0.1, -0.05) is 12.8 Å². The Balaban J connectivity index is 0.00000420. The van der Waals surface area contributed by atoms with Crippen LogP contribution in [0.3, 0.4) is 0 Å². The van der Waals surface area contributed by atoms with Crippen LogP contribution in [0.5, 0.6) is 0 Å². The van der Waals surface area contributed by atoms with Crippen molar-refractivity contribution >= 4 is 40.0 Å². The summed E-state index contributed by atoms with van der Waals surface area (Å²) in [5.74, 6) is 0.624. The normalized spacial score (nSPS) is 20.7. The second kappa shape index (κ2) is 11.9. The summed E-state index contributed by atoms with van der Waals surface area (Å²) in [6.07, 6.45) is 5.65. The highest BCUT2D eigenvalue weighted by Crippen LogP contribution is 2.29. The number of nitrogens with zero attached hydrogens (tertiary/aromatic N) is 3. The molecule has 1 saturated carbocycles. The van der Waals surface area contributed by atoms with Crippen LogP contribution in [-0.4, -0.2) is 80.9 Å². The Morgan fingerprint density at radius 3 is 2.28 bits per heavy atom. The zero-order valence-electron chi connectivity index (χ0n) is 17.0. The van der Waals surface area contributed by atoms with Crippen LogP contribution < -0.4 is 10.6 Å². The Morgan fingerprint density at radius 2 is 1.76 bits per heavy atom. The van der Waals surface area contributed by atoms with Crippen LogP contribution in [0.1, 0.15) is 45.4 Å². The van der Waals surface area contributed by atoms with Crippen LogP contribution in [0.2, 0.25) is 0 Å². The summed E-state index contributed by atoms with van der Waals surface area (Å²) in [7, 11) is -3.13. The van der Waals surface area contributed by atoms with Crippen LogP contribution in [-0.2, 0) is 10.0 Å². The average Bonchev–Trinajstić information content (AvgIpc) is 3.16. The lowest BCUT2D eigenvalue weighted by atomic mass is 10.1. The molecule has 0 amide bonds. The van der Waals surface area contributed by atoms with E-state index in [9.17, 15) is 21.6 Å². The summed E-state index contributed by atoms with van der Waals surface area (Å²) in [5, 5.41) is 6.38. The molecule has 12 heteroatoms. The fraction of sp³-hybridized carbons (Fsp3) is 0.941. The van der Waals surface area contributed by atoms with Gasteiger partial charge in [0.05, 0.1) is 6.54 Å². The van der Waals surface area contributed by atoms with Gasteiger partial charge in [-0.3, -0.25) is 4.99 Å². The Kier molecular flexibility index (Phi) is 10.9. The Hall–Kier alpha value is -0.340. The van der Waals surface area contributed by atoms with Gasteiger partial charge < -0.3 is 15.5 Å². The molecule has 172 valence electrons. The van der Waals surface area contributed by atoms with Gasteiger partial charge in [0.2, 0.25) is 0 Å². The van der Waals surface area contributed by atoms with Crippen molar-refractivity contribution < 1.29 is 21.6 Å². The summed E-state index contributed by atoms with van der Waals surface area (Å²) in [6, 6.07) is 0.524. The summed E-state index contributed by atoms with van der Waals surface area (Å²) in [6.45, 7) is 3.80. The lowest BCUT2D eigenvalue weighted by molar-refractivity contribution is -0.0494. The van der Waals surface area contributed by atoms with Gasteiger partial charge in [0.1, 0.15) is 0 Å². The topological polar surface area (TPSA) is 77.0 Å². The second-order valence-corrected chi connectivity index (χ2v) is 9.38. The molecule has 0 unspecified atom stereocenters. The Bertz CT molecular complexity index is 619. The van der Waals surface area contributed by atoms with E-state index in [2.05, 4.69) is 27.6 Å². The minimum absolute atomic E-state index is 0. The van der Waals surface area contributed by atoms with Crippen LogP contribution in [0, 0.1) is 0 Å². The number of sulfonamides is 1. The summed E-state index contributed by atoms with van der Waals surface area (Å²) in [4.78, 5) is 6.90. The number of hydrogen-bond acceptors (Lipinski definition) is 4. The van der Waals surface area contributed by atoms with E-state index in [1.807, 2.05) is 6.92 Å². The van der Waals surface area contributed by atoms with E-state index in [1.165, 1.54) is 25.7 Å². The van der Waals surface area contributed by atoms with Crippen molar-refractivity contribution in [2.24, 2.45) is 4.99 Å². The van der Waals surface area contributed by atoms with Gasteiger partial charge in [-0.2, -0.15) is 17.5 Å². The first-order valence-corrected chi connectivity index (χ1v) is 11.4. The van der Waals surface area contributed by atoms with Gasteiger partial charge in [0.15, 0.2) is 5.96 Å². The zero-order valence-corrected chi connectivity index (χ0v) is 20.2. The van der Waals surface area contributed by atoms with E-state index in [1.54, 1.807) is 0 Å². The first-order chi connectivity index (χ1) is 13.1. The third-order valence-corrected chi connectivity index (χ3v) is 7.07. The number of hydrogen-bond donors (Lipinski definition) is 2. The molecule has 2 aliphatic rings. The van der Waals surface area contributed by atoms with Crippen LogP contribution in [0.15, 0.2) is 4.99 Å². The third-order valence-electron chi connectivity index (χ3n) is 5.44. The van der Waals surface area contributed by atoms with E-state index >= 15 is 0 Å². The molecule has 0 spiro atoms. The van der Waals surface area contributed by atoms with Crippen molar-refractivity contribution in [3.05, 3.63) is 0 Å². The van der Waals surface area contributed by atoms with Crippen LogP contribution in [0.25, 0.3) is 0 Å². The first-order valence-electron chi connectivity index (χ1n) is 9.96. The lowest BCUT2D eigenvalue weighted by Gasteiger charge is -2.32. The summed E-state index contributed by atoms with van der Waals surface area (Å²) < 4.78 is 61.5. The van der Waals surface area contributed by atoms with E-state index < -0.39 is 15.5 Å². The maximum atomic E-state index is 12.7. The molecule has 1 saturated heterocycles. The molecule has 2 fully saturated rings. The molecule has 2 rings (SSSR count). The minimum Gasteiger partial charge on any atom is -0.357 e. The van der Waals surface area contributed by atoms with Gasteiger partial charge in [-0.25, -0.2) is 8.42 Å². The average molecular weight is 555 g/mol. The number of likely N-dealkylation sites (N-methyl/N-ethyl adjacent to an activating group) is 1. The van der Waals surface area contributed by atoms with Gasteiger partial charge in [-0.15, -0.1) is 24.0 Å². The van der Waals surface area contributed by atoms with Crippen molar-refractivity contribution in [3.63, 3.8) is 0 Å². The smallest absolute Gasteiger partial charge is 0.357 e. The maximum absolute atomic E-state index is 12.7. The molecular weight excluding hydrogens is 522 g/mol. The number of halogens is 4. The molecule has 0 bridgehead atoms. The van der Waals surface area contributed by atoms with Crippen molar-refractivity contribution in [2.75, 3.05) is 39.8 Å². The molecule has 0 aromatic rings. The van der Waals surface area contributed by atoms with Gasteiger partial charge in [-0.05, 0) is 39.7 Å². The van der Waals surface area contributed by atoms with Gasteiger partial charge in [0.25, 0.3) is 0 Å². The van der Waals surface area contributed by atoms with Crippen molar-refractivity contribution in [2.45, 2.75) is 63.0 Å². The Morgan fingerprint density at radius 1 is 1.17 bits per heavy atom. The van der Waals surface area contributed by atoms with Crippen LogP contribution in [0.4, 0.5) is 13.2 Å². The number of alkyl halides is 3. The molecule has 0 aromatic heterocycles. The standard InChI is InChI=1S/C17H32F3N5O2S.HI/c1-3-21-16(22-10-13-24(2)15-6-4-5-7-15)23-14-8-11-25(12-9-14)28(26,27)17(18,19)20;/h14-15H,3-13H2,1-2H3,(H2,21,22,23);1H. The molecule has 0 aromatic carbocycles. The molecule has 29 heavy (non-hydrogen) atoms. The van der Waals surface area contributed by atoms with Gasteiger partial charge in [0, 0.05) is 38.3 Å². The van der Waals surface area contributed by atoms with Crippen molar-refractivity contribution in [3.8, 4) is 0 Å². The number of piperidine rings is 1. The predicted molar refractivity (Wildman–Crippen MR) is 119 cm³/mol. The number of aliphatic imine (C=N–C) groups is 1. The predicted octanol–water partition coefficient (Wildman–Crippen LogP) is 2.35. The van der Waals surface area contributed by atoms with E-state index in [-0.39, 0.29) is 43.1 Å².